The van der Waals surface area contributed by atoms with Crippen molar-refractivity contribution in [3.05, 3.63) is 65.7 Å². The predicted octanol–water partition coefficient (Wildman–Crippen LogP) is 2.90. The Labute approximate surface area is 118 Å². The van der Waals surface area contributed by atoms with E-state index in [1.165, 1.54) is 12.2 Å². The molecule has 0 heterocycles. The summed E-state index contributed by atoms with van der Waals surface area (Å²) in [6.45, 7) is 0.471. The molecule has 0 saturated heterocycles. The van der Waals surface area contributed by atoms with Gasteiger partial charge in [0, 0.05) is 12.6 Å². The average molecular weight is 271 g/mol. The average Bonchev–Trinajstić information content (AvgIpc) is 2.53. The molecule has 4 nitrogen and oxygen atoms in total. The number of amides is 1. The fourth-order valence-corrected chi connectivity index (χ4v) is 1.69. The maximum absolute atomic E-state index is 11.8. The van der Waals surface area contributed by atoms with Crippen LogP contribution in [0.3, 0.4) is 0 Å². The van der Waals surface area contributed by atoms with E-state index in [0.717, 1.165) is 11.3 Å². The maximum Gasteiger partial charge on any atom is 0.277 e. The lowest BCUT2D eigenvalue weighted by molar-refractivity contribution is -0.0757. The van der Waals surface area contributed by atoms with Crippen molar-refractivity contribution in [2.24, 2.45) is 0 Å². The van der Waals surface area contributed by atoms with Crippen LogP contribution in [-0.4, -0.2) is 25.1 Å². The fraction of sp³-hybridized carbons (Fsp3) is 0.188. The normalized spacial score (nSPS) is 10.1. The highest BCUT2D eigenvalue weighted by molar-refractivity contribution is 5.93. The van der Waals surface area contributed by atoms with Crippen molar-refractivity contribution in [2.45, 2.75) is 6.61 Å². The first-order valence-electron chi connectivity index (χ1n) is 6.29. The molecule has 0 atom stereocenters. The molecule has 0 aliphatic heterocycles. The summed E-state index contributed by atoms with van der Waals surface area (Å²) in [4.78, 5) is 16.7. The van der Waals surface area contributed by atoms with Gasteiger partial charge in [0.15, 0.2) is 0 Å². The number of benzene rings is 2. The highest BCUT2D eigenvalue weighted by Crippen LogP contribution is 2.13. The first kappa shape index (κ1) is 14.1. The molecular weight excluding hydrogens is 254 g/mol. The van der Waals surface area contributed by atoms with Crippen LogP contribution in [0.15, 0.2) is 54.6 Å². The molecule has 2 aromatic rings. The van der Waals surface area contributed by atoms with Crippen LogP contribution < -0.4 is 4.74 Å². The molecule has 0 aromatic heterocycles. The Balaban J connectivity index is 1.96. The maximum atomic E-state index is 11.8. The van der Waals surface area contributed by atoms with Crippen LogP contribution in [0.1, 0.15) is 15.9 Å². The Morgan fingerprint density at radius 3 is 2.30 bits per heavy atom. The van der Waals surface area contributed by atoms with Crippen LogP contribution in [-0.2, 0) is 11.4 Å². The van der Waals surface area contributed by atoms with Crippen LogP contribution in [0.25, 0.3) is 0 Å². The van der Waals surface area contributed by atoms with E-state index >= 15 is 0 Å². The van der Waals surface area contributed by atoms with E-state index in [9.17, 15) is 4.79 Å². The number of rotatable bonds is 5. The molecule has 4 heteroatoms. The summed E-state index contributed by atoms with van der Waals surface area (Å²) >= 11 is 0. The SMILES string of the molecule is CON(C)C(=O)c1ccc(COc2ccccc2)cc1. The minimum Gasteiger partial charge on any atom is -0.489 e. The van der Waals surface area contributed by atoms with Crippen molar-refractivity contribution < 1.29 is 14.4 Å². The highest BCUT2D eigenvalue weighted by Gasteiger charge is 2.10. The summed E-state index contributed by atoms with van der Waals surface area (Å²) in [7, 11) is 3.04. The van der Waals surface area contributed by atoms with E-state index < -0.39 is 0 Å². The zero-order valence-corrected chi connectivity index (χ0v) is 11.6. The second kappa shape index (κ2) is 6.73. The molecule has 0 aliphatic rings. The van der Waals surface area contributed by atoms with E-state index in [1.807, 2.05) is 42.5 Å². The van der Waals surface area contributed by atoms with Gasteiger partial charge in [-0.2, -0.15) is 0 Å². The molecule has 1 amide bonds. The number of hydrogen-bond donors (Lipinski definition) is 0. The zero-order valence-electron chi connectivity index (χ0n) is 11.6. The van der Waals surface area contributed by atoms with Gasteiger partial charge in [0.25, 0.3) is 5.91 Å². The van der Waals surface area contributed by atoms with Crippen molar-refractivity contribution in [3.63, 3.8) is 0 Å². The van der Waals surface area contributed by atoms with Crippen LogP contribution in [0.4, 0.5) is 0 Å². The molecular formula is C16H17NO3. The zero-order chi connectivity index (χ0) is 14.4. The molecule has 0 saturated carbocycles. The van der Waals surface area contributed by atoms with E-state index in [1.54, 1.807) is 19.2 Å². The van der Waals surface area contributed by atoms with Crippen LogP contribution in [0.2, 0.25) is 0 Å². The van der Waals surface area contributed by atoms with Crippen molar-refractivity contribution in [1.29, 1.82) is 0 Å². The molecule has 0 unspecified atom stereocenters. The third-order valence-corrected chi connectivity index (χ3v) is 2.91. The van der Waals surface area contributed by atoms with Gasteiger partial charge in [0.2, 0.25) is 0 Å². The number of para-hydroxylation sites is 1. The van der Waals surface area contributed by atoms with Crippen LogP contribution in [0, 0.1) is 0 Å². The van der Waals surface area contributed by atoms with Crippen molar-refractivity contribution in [1.82, 2.24) is 5.06 Å². The van der Waals surface area contributed by atoms with Gasteiger partial charge in [-0.25, -0.2) is 5.06 Å². The van der Waals surface area contributed by atoms with Crippen LogP contribution in [0.5, 0.6) is 5.75 Å². The van der Waals surface area contributed by atoms with E-state index in [0.29, 0.717) is 12.2 Å². The van der Waals surface area contributed by atoms with Crippen molar-refractivity contribution >= 4 is 5.91 Å². The first-order valence-corrected chi connectivity index (χ1v) is 6.29. The van der Waals surface area contributed by atoms with Gasteiger partial charge >= 0.3 is 0 Å². The standard InChI is InChI=1S/C16H17NO3/c1-17(19-2)16(18)14-10-8-13(9-11-14)12-20-15-6-4-3-5-7-15/h3-11H,12H2,1-2H3. The largest absolute Gasteiger partial charge is 0.489 e. The molecule has 2 aromatic carbocycles. The molecule has 0 N–H and O–H groups in total. The lowest BCUT2D eigenvalue weighted by atomic mass is 10.1. The Hall–Kier alpha value is -2.33. The number of ether oxygens (including phenoxy) is 1. The van der Waals surface area contributed by atoms with E-state index in [2.05, 4.69) is 0 Å². The topological polar surface area (TPSA) is 38.8 Å². The Morgan fingerprint density at radius 2 is 1.70 bits per heavy atom. The second-order valence-electron chi connectivity index (χ2n) is 4.28. The molecule has 0 fully saturated rings. The summed E-state index contributed by atoms with van der Waals surface area (Å²) in [6.07, 6.45) is 0. The van der Waals surface area contributed by atoms with Gasteiger partial charge in [-0.1, -0.05) is 30.3 Å². The quantitative estimate of drug-likeness (QED) is 0.785. The Bertz CT molecular complexity index is 552. The smallest absolute Gasteiger partial charge is 0.277 e. The third-order valence-electron chi connectivity index (χ3n) is 2.91. The second-order valence-corrected chi connectivity index (χ2v) is 4.28. The monoisotopic (exact) mass is 271 g/mol. The van der Waals surface area contributed by atoms with Crippen LogP contribution >= 0.6 is 0 Å². The summed E-state index contributed by atoms with van der Waals surface area (Å²) in [5.41, 5.74) is 1.59. The molecule has 0 bridgehead atoms. The fourth-order valence-electron chi connectivity index (χ4n) is 1.69. The highest BCUT2D eigenvalue weighted by atomic mass is 16.7. The molecule has 104 valence electrons. The molecule has 20 heavy (non-hydrogen) atoms. The van der Waals surface area contributed by atoms with Gasteiger partial charge in [0.1, 0.15) is 12.4 Å². The minimum absolute atomic E-state index is 0.178. The van der Waals surface area contributed by atoms with Crippen molar-refractivity contribution in [3.8, 4) is 5.75 Å². The number of nitrogens with zero attached hydrogens (tertiary/aromatic N) is 1. The van der Waals surface area contributed by atoms with E-state index in [-0.39, 0.29) is 5.91 Å². The molecule has 0 aliphatic carbocycles. The molecule has 0 radical (unpaired) electrons. The van der Waals surface area contributed by atoms with Gasteiger partial charge < -0.3 is 4.74 Å². The summed E-state index contributed by atoms with van der Waals surface area (Å²) in [5, 5.41) is 1.19. The number of carbonyl (C=O) groups excluding carboxylic acids is 1. The minimum atomic E-state index is -0.178. The molecule has 2 rings (SSSR count). The Kier molecular flexibility index (Phi) is 4.74. The summed E-state index contributed by atoms with van der Waals surface area (Å²) in [5.74, 6) is 0.648. The number of hydrogen-bond acceptors (Lipinski definition) is 3. The summed E-state index contributed by atoms with van der Waals surface area (Å²) in [6, 6.07) is 16.9. The van der Waals surface area contributed by atoms with Gasteiger partial charge in [-0.05, 0) is 29.8 Å². The van der Waals surface area contributed by atoms with Gasteiger partial charge in [0.05, 0.1) is 7.11 Å². The molecule has 0 spiro atoms. The predicted molar refractivity (Wildman–Crippen MR) is 76.3 cm³/mol. The number of carbonyl (C=O) groups is 1. The summed E-state index contributed by atoms with van der Waals surface area (Å²) < 4.78 is 5.64. The number of hydroxylamine groups is 2. The van der Waals surface area contributed by atoms with E-state index in [4.69, 9.17) is 9.57 Å². The first-order chi connectivity index (χ1) is 9.70. The van der Waals surface area contributed by atoms with Gasteiger partial charge in [-0.3, -0.25) is 9.63 Å². The lowest BCUT2D eigenvalue weighted by Crippen LogP contribution is -2.25. The van der Waals surface area contributed by atoms with Gasteiger partial charge in [-0.15, -0.1) is 0 Å². The Morgan fingerprint density at radius 1 is 1.05 bits per heavy atom. The lowest BCUT2D eigenvalue weighted by Gasteiger charge is -2.13. The third kappa shape index (κ3) is 3.59. The van der Waals surface area contributed by atoms with Crippen molar-refractivity contribution in [2.75, 3.05) is 14.2 Å².